The molecule has 0 aliphatic carbocycles. The summed E-state index contributed by atoms with van der Waals surface area (Å²) in [5.41, 5.74) is 2.02. The first-order valence-corrected chi connectivity index (χ1v) is 13.0. The van der Waals surface area contributed by atoms with Gasteiger partial charge < -0.3 is 10.2 Å². The molecule has 6 nitrogen and oxygen atoms in total. The Labute approximate surface area is 218 Å². The third-order valence-electron chi connectivity index (χ3n) is 6.12. The number of aryl methyl sites for hydroxylation is 1. The number of amides is 2. The fourth-order valence-corrected chi connectivity index (χ4v) is 5.29. The summed E-state index contributed by atoms with van der Waals surface area (Å²) in [5, 5.41) is 4.06. The van der Waals surface area contributed by atoms with Crippen LogP contribution in [-0.4, -0.2) is 51.7 Å². The molecule has 2 aromatic carbocycles. The van der Waals surface area contributed by atoms with E-state index in [1.165, 1.54) is 16.2 Å². The van der Waals surface area contributed by atoms with Crippen molar-refractivity contribution in [2.24, 2.45) is 0 Å². The molecule has 5 rings (SSSR count). The first-order valence-electron chi connectivity index (χ1n) is 12.2. The van der Waals surface area contributed by atoms with Gasteiger partial charge in [0.2, 0.25) is 0 Å². The number of benzene rings is 2. The molecule has 9 heteroatoms. The van der Waals surface area contributed by atoms with Crippen molar-refractivity contribution >= 4 is 34.1 Å². The van der Waals surface area contributed by atoms with Crippen LogP contribution >= 0.6 is 11.3 Å². The van der Waals surface area contributed by atoms with Gasteiger partial charge >= 0.3 is 0 Å². The molecule has 1 unspecified atom stereocenters. The zero-order valence-electron chi connectivity index (χ0n) is 20.9. The fraction of sp³-hybridized carbons (Fsp3) is 0.286. The number of nitrogens with one attached hydrogen (secondary N) is 1. The Morgan fingerprint density at radius 2 is 1.81 bits per heavy atom. The second kappa shape index (κ2) is 11.1. The molecule has 0 radical (unpaired) electrons. The van der Waals surface area contributed by atoms with E-state index in [2.05, 4.69) is 15.3 Å². The van der Waals surface area contributed by atoms with Crippen LogP contribution in [0.15, 0.2) is 66.9 Å². The summed E-state index contributed by atoms with van der Waals surface area (Å²) in [6.45, 7) is 5.30. The number of para-hydroxylation sites is 1. The summed E-state index contributed by atoms with van der Waals surface area (Å²) in [4.78, 5) is 36.6. The van der Waals surface area contributed by atoms with E-state index in [1.807, 2.05) is 56.3 Å². The van der Waals surface area contributed by atoms with Crippen molar-refractivity contribution in [1.29, 1.82) is 0 Å². The number of hydrogen-bond acceptors (Lipinski definition) is 5. The van der Waals surface area contributed by atoms with Gasteiger partial charge in [0.15, 0.2) is 0 Å². The lowest BCUT2D eigenvalue weighted by atomic mass is 10.1. The summed E-state index contributed by atoms with van der Waals surface area (Å²) in [6, 6.07) is 16.5. The Kier molecular flexibility index (Phi) is 7.92. The highest BCUT2D eigenvalue weighted by Gasteiger charge is 2.51. The second-order valence-corrected chi connectivity index (χ2v) is 9.60. The van der Waals surface area contributed by atoms with E-state index in [4.69, 9.17) is 0 Å². The van der Waals surface area contributed by atoms with Crippen molar-refractivity contribution in [1.82, 2.24) is 20.2 Å². The van der Waals surface area contributed by atoms with Crippen molar-refractivity contribution in [2.75, 3.05) is 13.1 Å². The summed E-state index contributed by atoms with van der Waals surface area (Å²) >= 11 is 1.19. The van der Waals surface area contributed by atoms with Crippen LogP contribution in [0.1, 0.15) is 45.3 Å². The number of thiazole rings is 1. The molecule has 2 aromatic heterocycles. The number of hydrogen-bond donors (Lipinski definition) is 1. The molecule has 1 atom stereocenters. The molecule has 0 bridgehead atoms. The van der Waals surface area contributed by atoms with Crippen LogP contribution < -0.4 is 5.32 Å². The minimum atomic E-state index is -3.13. The average molecular weight is 523 g/mol. The van der Waals surface area contributed by atoms with Gasteiger partial charge in [0.05, 0.1) is 21.8 Å². The number of rotatable bonds is 5. The molecule has 0 spiro atoms. The highest BCUT2D eigenvalue weighted by Crippen LogP contribution is 2.37. The molecule has 1 aliphatic rings. The van der Waals surface area contributed by atoms with Gasteiger partial charge in [0.25, 0.3) is 17.7 Å². The lowest BCUT2D eigenvalue weighted by Gasteiger charge is -2.28. The van der Waals surface area contributed by atoms with E-state index in [9.17, 15) is 18.4 Å². The molecule has 1 N–H and O–H groups in total. The lowest BCUT2D eigenvalue weighted by molar-refractivity contribution is -0.0281. The quantitative estimate of drug-likeness (QED) is 0.350. The highest BCUT2D eigenvalue weighted by atomic mass is 32.1. The second-order valence-electron chi connectivity index (χ2n) is 8.39. The topological polar surface area (TPSA) is 75.2 Å². The number of pyridine rings is 1. The van der Waals surface area contributed by atoms with Crippen LogP contribution in [0.2, 0.25) is 0 Å². The smallest absolute Gasteiger partial charge is 0.271 e. The molecule has 1 aliphatic heterocycles. The standard InChI is InChI=1S/C26H22F2N4O2S.C2H6/c1-16-31-22(18-7-3-2-4-8-18)23(35-16)25(34)32-14-12-26(27,28)20(32)15-30-24(33)19-11-5-9-17-10-6-13-29-21(17)19;1-2/h2-11,13,20H,12,14-15H2,1H3,(H,30,33);1-2H3. The Morgan fingerprint density at radius 1 is 1.08 bits per heavy atom. The predicted molar refractivity (Wildman–Crippen MR) is 142 cm³/mol. The van der Waals surface area contributed by atoms with Crippen LogP contribution in [0.5, 0.6) is 0 Å². The van der Waals surface area contributed by atoms with Gasteiger partial charge in [0.1, 0.15) is 10.9 Å². The maximum absolute atomic E-state index is 14.9. The minimum Gasteiger partial charge on any atom is -0.350 e. The van der Waals surface area contributed by atoms with Gasteiger partial charge in [-0.15, -0.1) is 11.3 Å². The Morgan fingerprint density at radius 3 is 2.57 bits per heavy atom. The third-order valence-corrected chi connectivity index (χ3v) is 7.08. The van der Waals surface area contributed by atoms with Crippen LogP contribution in [0.25, 0.3) is 22.2 Å². The lowest BCUT2D eigenvalue weighted by Crippen LogP contribution is -2.49. The normalized spacial score (nSPS) is 16.2. The molecule has 3 heterocycles. The highest BCUT2D eigenvalue weighted by molar-refractivity contribution is 7.14. The summed E-state index contributed by atoms with van der Waals surface area (Å²) in [7, 11) is 0. The van der Waals surface area contributed by atoms with Gasteiger partial charge in [-0.1, -0.05) is 62.4 Å². The molecule has 2 amide bonds. The first-order chi connectivity index (χ1) is 17.8. The number of nitrogens with zero attached hydrogens (tertiary/aromatic N) is 3. The van der Waals surface area contributed by atoms with Crippen LogP contribution in [0.3, 0.4) is 0 Å². The summed E-state index contributed by atoms with van der Waals surface area (Å²) in [6.07, 6.45) is 1.11. The predicted octanol–water partition coefficient (Wildman–Crippen LogP) is 5.97. The summed E-state index contributed by atoms with van der Waals surface area (Å²) < 4.78 is 29.8. The monoisotopic (exact) mass is 522 g/mol. The largest absolute Gasteiger partial charge is 0.350 e. The van der Waals surface area contributed by atoms with Gasteiger partial charge in [-0.05, 0) is 19.1 Å². The fourth-order valence-electron chi connectivity index (χ4n) is 4.39. The van der Waals surface area contributed by atoms with Crippen molar-refractivity contribution in [3.05, 3.63) is 82.3 Å². The number of aromatic nitrogens is 2. The molecule has 1 saturated heterocycles. The van der Waals surface area contributed by atoms with E-state index in [0.29, 0.717) is 26.7 Å². The van der Waals surface area contributed by atoms with Gasteiger partial charge in [-0.3, -0.25) is 14.6 Å². The maximum atomic E-state index is 14.9. The first kappa shape index (κ1) is 26.3. The number of fused-ring (bicyclic) bond motifs is 1. The van der Waals surface area contributed by atoms with E-state index in [0.717, 1.165) is 10.9 Å². The molecular weight excluding hydrogens is 494 g/mol. The molecule has 192 valence electrons. The number of halogens is 2. The zero-order chi connectivity index (χ0) is 26.6. The number of likely N-dealkylation sites (tertiary alicyclic amines) is 1. The van der Waals surface area contributed by atoms with E-state index >= 15 is 0 Å². The van der Waals surface area contributed by atoms with Crippen LogP contribution in [0, 0.1) is 6.92 Å². The van der Waals surface area contributed by atoms with Gasteiger partial charge in [0, 0.05) is 36.7 Å². The number of alkyl halides is 2. The van der Waals surface area contributed by atoms with Crippen molar-refractivity contribution < 1.29 is 18.4 Å². The minimum absolute atomic E-state index is 0.104. The Bertz CT molecular complexity index is 1400. The van der Waals surface area contributed by atoms with Gasteiger partial charge in [-0.2, -0.15) is 0 Å². The van der Waals surface area contributed by atoms with E-state index in [1.54, 1.807) is 31.3 Å². The van der Waals surface area contributed by atoms with Crippen LogP contribution in [-0.2, 0) is 0 Å². The Balaban J connectivity index is 0.00000156. The van der Waals surface area contributed by atoms with Crippen molar-refractivity contribution in [2.45, 2.75) is 39.2 Å². The van der Waals surface area contributed by atoms with E-state index in [-0.39, 0.29) is 13.1 Å². The van der Waals surface area contributed by atoms with Crippen molar-refractivity contribution in [3.8, 4) is 11.3 Å². The average Bonchev–Trinajstić information content (AvgIpc) is 3.46. The van der Waals surface area contributed by atoms with Crippen molar-refractivity contribution in [3.63, 3.8) is 0 Å². The third kappa shape index (κ3) is 5.36. The molecule has 0 saturated carbocycles. The van der Waals surface area contributed by atoms with E-state index < -0.39 is 30.2 Å². The molecule has 1 fully saturated rings. The Hall–Kier alpha value is -3.72. The number of carbonyl (C=O) groups excluding carboxylic acids is 2. The maximum Gasteiger partial charge on any atom is 0.271 e. The molecule has 37 heavy (non-hydrogen) atoms. The van der Waals surface area contributed by atoms with Gasteiger partial charge in [-0.25, -0.2) is 13.8 Å². The molecular formula is C28H28F2N4O2S. The zero-order valence-corrected chi connectivity index (χ0v) is 21.7. The summed E-state index contributed by atoms with van der Waals surface area (Å²) in [5.74, 6) is -4.15. The number of carbonyl (C=O) groups is 2. The SMILES string of the molecule is CC.Cc1nc(-c2ccccc2)c(C(=O)N2CCC(F)(F)C2CNC(=O)c2cccc3cccnc23)s1. The molecule has 4 aromatic rings. The van der Waals surface area contributed by atoms with Crippen LogP contribution in [0.4, 0.5) is 8.78 Å².